The molecule has 2 aliphatic rings. The smallest absolute Gasteiger partial charge is 0.241 e. The second-order valence-electron chi connectivity index (χ2n) is 9.35. The first-order chi connectivity index (χ1) is 18.2. The second-order valence-corrected chi connectivity index (χ2v) is 9.35. The van der Waals surface area contributed by atoms with Crippen molar-refractivity contribution in [1.82, 2.24) is 19.9 Å². The minimum atomic E-state index is -0.572. The largest absolute Gasteiger partial charge is 0.495 e. The lowest BCUT2D eigenvalue weighted by Crippen LogP contribution is -2.49. The highest BCUT2D eigenvalue weighted by Gasteiger charge is 2.21. The third kappa shape index (κ3) is 6.78. The molecule has 2 aromatic carbocycles. The van der Waals surface area contributed by atoms with Gasteiger partial charge < -0.3 is 28.7 Å². The normalized spacial score (nSPS) is 18.1. The highest BCUT2D eigenvalue weighted by molar-refractivity contribution is 5.58. The van der Waals surface area contributed by atoms with E-state index in [4.69, 9.17) is 18.7 Å². The Morgan fingerprint density at radius 1 is 0.946 bits per heavy atom. The number of β-amino-alcohol motifs (C(OH)–C–C–N with tert-alkyl or cyclic N) is 1. The summed E-state index contributed by atoms with van der Waals surface area (Å²) in [5, 5.41) is 14.7. The molecule has 2 fully saturated rings. The van der Waals surface area contributed by atoms with E-state index in [1.54, 1.807) is 7.11 Å². The number of methoxy groups -OCH3 is 1. The molecule has 3 heterocycles. The molecule has 10 heteroatoms. The number of benzene rings is 2. The zero-order valence-electron chi connectivity index (χ0n) is 21.3. The van der Waals surface area contributed by atoms with Crippen LogP contribution in [0.5, 0.6) is 11.5 Å². The Labute approximate surface area is 217 Å². The van der Waals surface area contributed by atoms with Gasteiger partial charge >= 0.3 is 0 Å². The summed E-state index contributed by atoms with van der Waals surface area (Å²) in [5.41, 5.74) is 1.98. The third-order valence-corrected chi connectivity index (χ3v) is 6.75. The number of ether oxygens (including phenoxy) is 3. The molecule has 0 radical (unpaired) electrons. The van der Waals surface area contributed by atoms with Crippen molar-refractivity contribution >= 4 is 5.69 Å². The van der Waals surface area contributed by atoms with Gasteiger partial charge in [-0.25, -0.2) is 0 Å². The van der Waals surface area contributed by atoms with Gasteiger partial charge in [-0.3, -0.25) is 9.80 Å². The molecule has 0 aliphatic carbocycles. The summed E-state index contributed by atoms with van der Waals surface area (Å²) in [6, 6.07) is 15.6. The van der Waals surface area contributed by atoms with Gasteiger partial charge in [-0.05, 0) is 36.4 Å². The Balaban J connectivity index is 1.05. The molecule has 2 saturated heterocycles. The van der Waals surface area contributed by atoms with E-state index in [1.165, 1.54) is 0 Å². The molecule has 1 N–H and O–H groups in total. The Morgan fingerprint density at radius 3 is 2.46 bits per heavy atom. The molecular formula is C27H35N5O5. The van der Waals surface area contributed by atoms with E-state index in [1.807, 2.05) is 42.5 Å². The van der Waals surface area contributed by atoms with Gasteiger partial charge in [-0.1, -0.05) is 17.3 Å². The molecule has 0 saturated carbocycles. The van der Waals surface area contributed by atoms with E-state index >= 15 is 0 Å². The van der Waals surface area contributed by atoms with E-state index in [0.29, 0.717) is 30.6 Å². The summed E-state index contributed by atoms with van der Waals surface area (Å²) in [6.45, 7) is 8.18. The van der Waals surface area contributed by atoms with Crippen molar-refractivity contribution in [3.05, 3.63) is 54.4 Å². The van der Waals surface area contributed by atoms with Crippen LogP contribution in [0.25, 0.3) is 11.4 Å². The molecule has 3 aromatic rings. The predicted molar refractivity (Wildman–Crippen MR) is 139 cm³/mol. The maximum atomic E-state index is 10.6. The van der Waals surface area contributed by atoms with Crippen LogP contribution in [0.3, 0.4) is 0 Å². The highest BCUT2D eigenvalue weighted by Crippen LogP contribution is 2.28. The van der Waals surface area contributed by atoms with Gasteiger partial charge in [0.05, 0.1) is 32.6 Å². The van der Waals surface area contributed by atoms with Crippen molar-refractivity contribution in [1.29, 1.82) is 0 Å². The van der Waals surface area contributed by atoms with Gasteiger partial charge in [0.25, 0.3) is 0 Å². The first kappa shape index (κ1) is 25.5. The number of rotatable bonds is 10. The van der Waals surface area contributed by atoms with Crippen molar-refractivity contribution in [2.45, 2.75) is 12.6 Å². The number of piperazine rings is 1. The van der Waals surface area contributed by atoms with Gasteiger partial charge in [0.2, 0.25) is 11.7 Å². The topological polar surface area (TPSA) is 96.6 Å². The third-order valence-electron chi connectivity index (χ3n) is 6.75. The van der Waals surface area contributed by atoms with Crippen LogP contribution in [-0.4, -0.2) is 104 Å². The first-order valence-electron chi connectivity index (χ1n) is 12.8. The molecule has 1 atom stereocenters. The molecule has 0 spiro atoms. The monoisotopic (exact) mass is 509 g/mol. The summed E-state index contributed by atoms with van der Waals surface area (Å²) in [7, 11) is 1.70. The standard InChI is InChI=1S/C27H35N5O5/c1-34-25-5-3-2-4-24(25)32-12-10-30(11-13-32)18-22(33)20-36-23-8-6-21(7-9-23)27-28-26(37-29-27)19-31-14-16-35-17-15-31/h2-9,22,33H,10-20H2,1H3. The van der Waals surface area contributed by atoms with Crippen molar-refractivity contribution in [3.63, 3.8) is 0 Å². The van der Waals surface area contributed by atoms with Gasteiger partial charge in [0, 0.05) is 51.4 Å². The fourth-order valence-corrected chi connectivity index (χ4v) is 4.69. The summed E-state index contributed by atoms with van der Waals surface area (Å²) in [4.78, 5) is 11.4. The number of para-hydroxylation sites is 2. The number of hydrogen-bond acceptors (Lipinski definition) is 10. The summed E-state index contributed by atoms with van der Waals surface area (Å²) in [5.74, 6) is 2.75. The minimum Gasteiger partial charge on any atom is -0.495 e. The number of morpholine rings is 1. The highest BCUT2D eigenvalue weighted by atomic mass is 16.5. The minimum absolute atomic E-state index is 0.234. The van der Waals surface area contributed by atoms with Crippen LogP contribution in [0, 0.1) is 0 Å². The molecule has 1 aromatic heterocycles. The van der Waals surface area contributed by atoms with Gasteiger partial charge in [0.1, 0.15) is 24.2 Å². The zero-order valence-corrected chi connectivity index (χ0v) is 21.3. The van der Waals surface area contributed by atoms with Gasteiger partial charge in [0.15, 0.2) is 0 Å². The van der Waals surface area contributed by atoms with Crippen LogP contribution >= 0.6 is 0 Å². The van der Waals surface area contributed by atoms with Crippen molar-refractivity contribution in [3.8, 4) is 22.9 Å². The number of anilines is 1. The quantitative estimate of drug-likeness (QED) is 0.438. The lowest BCUT2D eigenvalue weighted by Gasteiger charge is -2.37. The Morgan fingerprint density at radius 2 is 1.70 bits per heavy atom. The summed E-state index contributed by atoms with van der Waals surface area (Å²) >= 11 is 0. The molecule has 2 aliphatic heterocycles. The molecule has 198 valence electrons. The van der Waals surface area contributed by atoms with E-state index in [9.17, 15) is 5.11 Å². The van der Waals surface area contributed by atoms with Gasteiger partial charge in [-0.2, -0.15) is 4.98 Å². The number of aliphatic hydroxyl groups is 1. The molecule has 1 unspecified atom stereocenters. The summed E-state index contributed by atoms with van der Waals surface area (Å²) < 4.78 is 22.1. The first-order valence-corrected chi connectivity index (χ1v) is 12.8. The average Bonchev–Trinajstić information content (AvgIpc) is 3.41. The van der Waals surface area contributed by atoms with Crippen molar-refractivity contribution in [2.24, 2.45) is 0 Å². The maximum Gasteiger partial charge on any atom is 0.241 e. The van der Waals surface area contributed by atoms with Crippen molar-refractivity contribution in [2.75, 3.05) is 77.6 Å². The molecule has 0 bridgehead atoms. The lowest BCUT2D eigenvalue weighted by molar-refractivity contribution is 0.0297. The van der Waals surface area contributed by atoms with E-state index < -0.39 is 6.10 Å². The van der Waals surface area contributed by atoms with Crippen LogP contribution in [0.4, 0.5) is 5.69 Å². The van der Waals surface area contributed by atoms with Crippen molar-refractivity contribution < 1.29 is 23.8 Å². The van der Waals surface area contributed by atoms with Crippen LogP contribution in [0.15, 0.2) is 53.1 Å². The molecule has 10 nitrogen and oxygen atoms in total. The van der Waals surface area contributed by atoms with E-state index in [-0.39, 0.29) is 6.61 Å². The fraction of sp³-hybridized carbons (Fsp3) is 0.481. The fourth-order valence-electron chi connectivity index (χ4n) is 4.69. The second kappa shape index (κ2) is 12.4. The molecule has 5 rings (SSSR count). The zero-order chi connectivity index (χ0) is 25.5. The SMILES string of the molecule is COc1ccccc1N1CCN(CC(O)COc2ccc(-c3noc(CN4CCOCC4)n3)cc2)CC1. The molecular weight excluding hydrogens is 474 g/mol. The van der Waals surface area contributed by atoms with Gasteiger partial charge in [-0.15, -0.1) is 0 Å². The average molecular weight is 510 g/mol. The Hall–Kier alpha value is -3.18. The number of nitrogens with zero attached hydrogens (tertiary/aromatic N) is 5. The Bertz CT molecular complexity index is 1110. The van der Waals surface area contributed by atoms with Crippen LogP contribution in [0.1, 0.15) is 5.89 Å². The lowest BCUT2D eigenvalue weighted by atomic mass is 10.2. The van der Waals surface area contributed by atoms with E-state index in [2.05, 4.69) is 30.9 Å². The van der Waals surface area contributed by atoms with Crippen LogP contribution < -0.4 is 14.4 Å². The number of aromatic nitrogens is 2. The van der Waals surface area contributed by atoms with E-state index in [0.717, 1.165) is 69.5 Å². The predicted octanol–water partition coefficient (Wildman–Crippen LogP) is 2.14. The molecule has 37 heavy (non-hydrogen) atoms. The van der Waals surface area contributed by atoms with Crippen LogP contribution in [-0.2, 0) is 11.3 Å². The summed E-state index contributed by atoms with van der Waals surface area (Å²) in [6.07, 6.45) is -0.572. The molecule has 0 amide bonds. The Kier molecular flexibility index (Phi) is 8.52. The number of hydrogen-bond donors (Lipinski definition) is 1. The maximum absolute atomic E-state index is 10.6. The number of aliphatic hydroxyl groups excluding tert-OH is 1. The van der Waals surface area contributed by atoms with Crippen LogP contribution in [0.2, 0.25) is 0 Å².